The van der Waals surface area contributed by atoms with E-state index in [0.29, 0.717) is 24.4 Å². The van der Waals surface area contributed by atoms with Crippen LogP contribution in [0.4, 0.5) is 0 Å². The monoisotopic (exact) mass is 339 g/mol. The van der Waals surface area contributed by atoms with Crippen molar-refractivity contribution in [3.63, 3.8) is 0 Å². The summed E-state index contributed by atoms with van der Waals surface area (Å²) in [6.07, 6.45) is 1.000. The average Bonchev–Trinajstić information content (AvgIpc) is 2.61. The number of nitrogens with two attached hydrogens (primary N) is 1. The maximum absolute atomic E-state index is 5.66. The molecule has 1 aromatic heterocycles. The van der Waals surface area contributed by atoms with Gasteiger partial charge in [0.15, 0.2) is 11.8 Å². The molecule has 16 heavy (non-hydrogen) atoms. The molecule has 0 amide bonds. The van der Waals surface area contributed by atoms with Gasteiger partial charge in [-0.2, -0.15) is 4.80 Å². The number of tetrazole rings is 1. The first-order valence-electron chi connectivity index (χ1n) is 4.91. The third-order valence-corrected chi connectivity index (χ3v) is 1.95. The first kappa shape index (κ1) is 15.1. The second-order valence-electron chi connectivity index (χ2n) is 3.35. The van der Waals surface area contributed by atoms with Crippen LogP contribution < -0.4 is 11.1 Å². The minimum Gasteiger partial charge on any atom is -0.370 e. The largest absolute Gasteiger partial charge is 0.370 e. The minimum atomic E-state index is 0. The van der Waals surface area contributed by atoms with Gasteiger partial charge in [-0.05, 0) is 18.6 Å². The number of hydrogen-bond acceptors (Lipinski definition) is 4. The van der Waals surface area contributed by atoms with Crippen molar-refractivity contribution in [3.05, 3.63) is 5.82 Å². The standard InChI is InChI=1S/C8H17N7.HI/c1-4-6(2)11-8(9)10-5-7-12-14-15(3)13-7;/h6H,4-5H2,1-3H3,(H3,9,10,11);1H. The van der Waals surface area contributed by atoms with E-state index < -0.39 is 0 Å². The summed E-state index contributed by atoms with van der Waals surface area (Å²) in [6.45, 7) is 4.47. The molecule has 0 radical (unpaired) electrons. The molecule has 1 unspecified atom stereocenters. The van der Waals surface area contributed by atoms with E-state index in [1.54, 1.807) is 7.05 Å². The molecule has 0 saturated carbocycles. The van der Waals surface area contributed by atoms with E-state index in [-0.39, 0.29) is 24.0 Å². The lowest BCUT2D eigenvalue weighted by molar-refractivity contribution is 0.626. The van der Waals surface area contributed by atoms with E-state index in [2.05, 4.69) is 32.6 Å². The zero-order valence-corrected chi connectivity index (χ0v) is 12.0. The van der Waals surface area contributed by atoms with Gasteiger partial charge in [0.2, 0.25) is 0 Å². The SMILES string of the molecule is CCC(C)NC(N)=NCc1nnn(C)n1.I. The van der Waals surface area contributed by atoms with Crippen molar-refractivity contribution in [2.45, 2.75) is 32.9 Å². The molecular formula is C8H18IN7. The fourth-order valence-corrected chi connectivity index (χ4v) is 0.943. The van der Waals surface area contributed by atoms with Gasteiger partial charge in [0.05, 0.1) is 7.05 Å². The van der Waals surface area contributed by atoms with Gasteiger partial charge in [-0.15, -0.1) is 34.2 Å². The fourth-order valence-electron chi connectivity index (χ4n) is 0.943. The highest BCUT2D eigenvalue weighted by Crippen LogP contribution is 1.90. The van der Waals surface area contributed by atoms with Gasteiger partial charge in [0.1, 0.15) is 6.54 Å². The van der Waals surface area contributed by atoms with Crippen LogP contribution in [0.3, 0.4) is 0 Å². The number of aryl methyl sites for hydroxylation is 1. The molecule has 7 nitrogen and oxygen atoms in total. The van der Waals surface area contributed by atoms with Gasteiger partial charge >= 0.3 is 0 Å². The van der Waals surface area contributed by atoms with E-state index in [1.165, 1.54) is 4.80 Å². The summed E-state index contributed by atoms with van der Waals surface area (Å²) in [4.78, 5) is 5.49. The fraction of sp³-hybridized carbons (Fsp3) is 0.750. The van der Waals surface area contributed by atoms with Crippen LogP contribution in [-0.2, 0) is 13.6 Å². The van der Waals surface area contributed by atoms with Gasteiger partial charge in [-0.3, -0.25) is 0 Å². The molecule has 1 heterocycles. The van der Waals surface area contributed by atoms with E-state index in [0.717, 1.165) is 6.42 Å². The molecule has 3 N–H and O–H groups in total. The molecule has 0 aromatic carbocycles. The van der Waals surface area contributed by atoms with Crippen LogP contribution in [-0.4, -0.2) is 32.2 Å². The van der Waals surface area contributed by atoms with Gasteiger partial charge in [-0.25, -0.2) is 4.99 Å². The summed E-state index contributed by atoms with van der Waals surface area (Å²) in [5.74, 6) is 0.975. The zero-order chi connectivity index (χ0) is 11.3. The summed E-state index contributed by atoms with van der Waals surface area (Å²) in [5, 5.41) is 14.5. The van der Waals surface area contributed by atoms with Crippen molar-refractivity contribution in [3.8, 4) is 0 Å². The number of guanidine groups is 1. The van der Waals surface area contributed by atoms with Crippen LogP contribution >= 0.6 is 24.0 Å². The molecule has 92 valence electrons. The molecule has 1 rings (SSSR count). The Labute approximate surface area is 112 Å². The first-order valence-corrected chi connectivity index (χ1v) is 4.91. The van der Waals surface area contributed by atoms with Crippen molar-refractivity contribution in [2.24, 2.45) is 17.8 Å². The Hall–Kier alpha value is -0.930. The molecule has 8 heteroatoms. The second kappa shape index (κ2) is 7.36. The number of nitrogens with zero attached hydrogens (tertiary/aromatic N) is 5. The summed E-state index contributed by atoms with van der Waals surface area (Å²) in [5.41, 5.74) is 5.66. The Morgan fingerprint density at radius 2 is 2.31 bits per heavy atom. The Kier molecular flexibility index (Phi) is 6.93. The van der Waals surface area contributed by atoms with Crippen molar-refractivity contribution >= 4 is 29.9 Å². The van der Waals surface area contributed by atoms with E-state index >= 15 is 0 Å². The first-order chi connectivity index (χ1) is 7.11. The summed E-state index contributed by atoms with van der Waals surface area (Å²) >= 11 is 0. The van der Waals surface area contributed by atoms with Crippen LogP contribution in [0.1, 0.15) is 26.1 Å². The Morgan fingerprint density at radius 1 is 1.62 bits per heavy atom. The van der Waals surface area contributed by atoms with Gasteiger partial charge in [0, 0.05) is 6.04 Å². The summed E-state index contributed by atoms with van der Waals surface area (Å²) < 4.78 is 0. The molecule has 0 bridgehead atoms. The molecule has 0 spiro atoms. The highest BCUT2D eigenvalue weighted by atomic mass is 127. The van der Waals surface area contributed by atoms with Crippen LogP contribution in [0.5, 0.6) is 0 Å². The number of nitrogens with one attached hydrogen (secondary N) is 1. The normalized spacial score (nSPS) is 13.1. The number of hydrogen-bond donors (Lipinski definition) is 2. The maximum Gasteiger partial charge on any atom is 0.196 e. The lowest BCUT2D eigenvalue weighted by Gasteiger charge is -2.10. The van der Waals surface area contributed by atoms with Crippen molar-refractivity contribution < 1.29 is 0 Å². The summed E-state index contributed by atoms with van der Waals surface area (Å²) in [7, 11) is 1.71. The second-order valence-corrected chi connectivity index (χ2v) is 3.35. The predicted molar refractivity (Wildman–Crippen MR) is 72.4 cm³/mol. The van der Waals surface area contributed by atoms with Crippen LogP contribution in [0.15, 0.2) is 4.99 Å². The Morgan fingerprint density at radius 3 is 2.81 bits per heavy atom. The van der Waals surface area contributed by atoms with E-state index in [4.69, 9.17) is 5.73 Å². The van der Waals surface area contributed by atoms with Crippen LogP contribution in [0, 0.1) is 0 Å². The van der Waals surface area contributed by atoms with Crippen molar-refractivity contribution in [2.75, 3.05) is 0 Å². The van der Waals surface area contributed by atoms with Gasteiger partial charge < -0.3 is 11.1 Å². The number of halogens is 1. The Balaban J connectivity index is 0.00000225. The van der Waals surface area contributed by atoms with Gasteiger partial charge in [0.25, 0.3) is 0 Å². The van der Waals surface area contributed by atoms with Crippen molar-refractivity contribution in [1.82, 2.24) is 25.5 Å². The number of aromatic nitrogens is 4. The molecule has 1 aromatic rings. The molecule has 0 aliphatic carbocycles. The third kappa shape index (κ3) is 5.24. The molecule has 0 saturated heterocycles. The maximum atomic E-state index is 5.66. The van der Waals surface area contributed by atoms with E-state index in [9.17, 15) is 0 Å². The zero-order valence-electron chi connectivity index (χ0n) is 9.71. The lowest BCUT2D eigenvalue weighted by Crippen LogP contribution is -2.38. The number of rotatable bonds is 4. The highest BCUT2D eigenvalue weighted by molar-refractivity contribution is 14.0. The number of aliphatic imine (C=N–C) groups is 1. The molecule has 0 aliphatic heterocycles. The highest BCUT2D eigenvalue weighted by Gasteiger charge is 2.01. The van der Waals surface area contributed by atoms with E-state index in [1.807, 2.05) is 6.92 Å². The molecule has 0 aliphatic rings. The average molecular weight is 339 g/mol. The lowest BCUT2D eigenvalue weighted by atomic mass is 10.3. The molecular weight excluding hydrogens is 321 g/mol. The minimum absolute atomic E-state index is 0. The molecule has 1 atom stereocenters. The molecule has 0 fully saturated rings. The van der Waals surface area contributed by atoms with Crippen LogP contribution in [0.25, 0.3) is 0 Å². The van der Waals surface area contributed by atoms with Gasteiger partial charge in [-0.1, -0.05) is 6.92 Å². The topological polar surface area (TPSA) is 94.0 Å². The Bertz CT molecular complexity index is 335. The quantitative estimate of drug-likeness (QED) is 0.459. The smallest absolute Gasteiger partial charge is 0.196 e. The predicted octanol–water partition coefficient (Wildman–Crippen LogP) is 0.0309. The van der Waals surface area contributed by atoms with Crippen LogP contribution in [0.2, 0.25) is 0 Å². The third-order valence-electron chi connectivity index (χ3n) is 1.95. The van der Waals surface area contributed by atoms with Crippen molar-refractivity contribution in [1.29, 1.82) is 0 Å². The summed E-state index contributed by atoms with van der Waals surface area (Å²) in [6, 6.07) is 0.323.